The maximum Gasteiger partial charge on any atom is 0.279 e. The molecule has 156 valence electrons. The Hall–Kier alpha value is -2.61. The topological polar surface area (TPSA) is 146 Å². The molecule has 0 fully saturated rings. The average molecular weight is 393 g/mol. The first-order valence-electron chi connectivity index (χ1n) is 9.43. The minimum absolute atomic E-state index is 0.108. The third-order valence-electron chi connectivity index (χ3n) is 4.35. The molecule has 1 aromatic carbocycles. The molecule has 3 unspecified atom stereocenters. The Bertz CT molecular complexity index is 673. The summed E-state index contributed by atoms with van der Waals surface area (Å²) in [4.78, 5) is 36.4. The van der Waals surface area contributed by atoms with Crippen molar-refractivity contribution in [2.24, 2.45) is 11.8 Å². The summed E-state index contributed by atoms with van der Waals surface area (Å²) in [5, 5.41) is 25.7. The van der Waals surface area contributed by atoms with Gasteiger partial charge in [0.15, 0.2) is 6.04 Å². The van der Waals surface area contributed by atoms with Crippen LogP contribution in [0.3, 0.4) is 0 Å². The van der Waals surface area contributed by atoms with Gasteiger partial charge in [-0.3, -0.25) is 9.59 Å². The molecule has 0 saturated heterocycles. The van der Waals surface area contributed by atoms with Crippen LogP contribution in [0, 0.1) is 11.8 Å². The highest BCUT2D eigenvalue weighted by Crippen LogP contribution is 2.11. The van der Waals surface area contributed by atoms with Crippen LogP contribution in [0.5, 0.6) is 5.75 Å². The number of aliphatic carboxylic acids is 1. The van der Waals surface area contributed by atoms with Gasteiger partial charge in [0.1, 0.15) is 11.8 Å². The van der Waals surface area contributed by atoms with Crippen molar-refractivity contribution in [3.63, 3.8) is 0 Å². The van der Waals surface area contributed by atoms with Crippen LogP contribution < -0.4 is 21.5 Å². The Balaban J connectivity index is 2.80. The Morgan fingerprint density at radius 1 is 1.04 bits per heavy atom. The molecule has 0 aliphatic carbocycles. The average Bonchev–Trinajstić information content (AvgIpc) is 2.59. The van der Waals surface area contributed by atoms with E-state index in [2.05, 4.69) is 16.4 Å². The minimum Gasteiger partial charge on any atom is -0.548 e. The van der Waals surface area contributed by atoms with E-state index in [1.165, 1.54) is 12.1 Å². The number of benzene rings is 1. The lowest BCUT2D eigenvalue weighted by Gasteiger charge is -2.27. The summed E-state index contributed by atoms with van der Waals surface area (Å²) in [6, 6.07) is 3.82. The van der Waals surface area contributed by atoms with Gasteiger partial charge in [-0.25, -0.2) is 0 Å². The number of hydrogen-bond acceptors (Lipinski definition) is 5. The molecule has 8 heteroatoms. The lowest BCUT2D eigenvalue weighted by molar-refractivity contribution is -0.403. The van der Waals surface area contributed by atoms with Crippen molar-refractivity contribution in [2.75, 3.05) is 0 Å². The van der Waals surface area contributed by atoms with Gasteiger partial charge in [0.05, 0.1) is 12.0 Å². The second-order valence-corrected chi connectivity index (χ2v) is 7.81. The Labute approximate surface area is 165 Å². The van der Waals surface area contributed by atoms with Crippen molar-refractivity contribution in [1.29, 1.82) is 0 Å². The quantitative estimate of drug-likeness (QED) is 0.401. The largest absolute Gasteiger partial charge is 0.548 e. The summed E-state index contributed by atoms with van der Waals surface area (Å²) in [5.74, 6) is -2.42. The highest BCUT2D eigenvalue weighted by atomic mass is 16.4. The van der Waals surface area contributed by atoms with E-state index in [9.17, 15) is 24.6 Å². The molecule has 0 bridgehead atoms. The van der Waals surface area contributed by atoms with Crippen LogP contribution in [-0.4, -0.2) is 41.0 Å². The van der Waals surface area contributed by atoms with Crippen molar-refractivity contribution in [3.05, 3.63) is 29.8 Å². The maximum atomic E-state index is 12.6. The predicted molar refractivity (Wildman–Crippen MR) is 102 cm³/mol. The van der Waals surface area contributed by atoms with E-state index in [-0.39, 0.29) is 17.6 Å². The van der Waals surface area contributed by atoms with E-state index in [1.54, 1.807) is 26.0 Å². The normalized spacial score (nSPS) is 14.4. The minimum atomic E-state index is -1.36. The molecular formula is C20H31N3O5. The van der Waals surface area contributed by atoms with E-state index < -0.39 is 35.9 Å². The zero-order valence-electron chi connectivity index (χ0n) is 16.9. The Kier molecular flexibility index (Phi) is 8.91. The number of phenols is 1. The number of phenolic OH excluding ortho intramolecular Hbond substituents is 1. The molecule has 0 spiro atoms. The van der Waals surface area contributed by atoms with Crippen molar-refractivity contribution < 1.29 is 30.3 Å². The van der Waals surface area contributed by atoms with Crippen LogP contribution in [-0.2, 0) is 20.8 Å². The van der Waals surface area contributed by atoms with Crippen LogP contribution in [0.25, 0.3) is 0 Å². The van der Waals surface area contributed by atoms with Gasteiger partial charge >= 0.3 is 0 Å². The van der Waals surface area contributed by atoms with Crippen molar-refractivity contribution in [2.45, 2.75) is 58.7 Å². The summed E-state index contributed by atoms with van der Waals surface area (Å²) in [7, 11) is 0. The predicted octanol–water partition coefficient (Wildman–Crippen LogP) is -1.03. The Morgan fingerprint density at radius 3 is 2.07 bits per heavy atom. The summed E-state index contributed by atoms with van der Waals surface area (Å²) in [5.41, 5.74) is 4.68. The summed E-state index contributed by atoms with van der Waals surface area (Å²) in [6.07, 6.45) is 0.706. The molecule has 1 rings (SSSR count). The highest BCUT2D eigenvalue weighted by Gasteiger charge is 2.28. The van der Waals surface area contributed by atoms with Crippen molar-refractivity contribution in [3.8, 4) is 5.75 Å². The molecule has 0 radical (unpaired) electrons. The van der Waals surface area contributed by atoms with Crippen LogP contribution in [0.1, 0.15) is 39.7 Å². The van der Waals surface area contributed by atoms with Gasteiger partial charge in [-0.15, -0.1) is 0 Å². The molecule has 0 aromatic heterocycles. The summed E-state index contributed by atoms with van der Waals surface area (Å²) < 4.78 is 0. The van der Waals surface area contributed by atoms with Crippen molar-refractivity contribution >= 4 is 17.8 Å². The molecule has 0 aliphatic heterocycles. The van der Waals surface area contributed by atoms with Gasteiger partial charge in [0, 0.05) is 6.42 Å². The molecule has 1 aromatic rings. The number of carbonyl (C=O) groups excluding carboxylic acids is 3. The molecule has 28 heavy (non-hydrogen) atoms. The monoisotopic (exact) mass is 393 g/mol. The van der Waals surface area contributed by atoms with E-state index in [1.807, 2.05) is 13.8 Å². The van der Waals surface area contributed by atoms with Gasteiger partial charge < -0.3 is 31.4 Å². The lowest BCUT2D eigenvalue weighted by Crippen LogP contribution is -2.70. The fourth-order valence-corrected chi connectivity index (χ4v) is 2.75. The fourth-order valence-electron chi connectivity index (χ4n) is 2.75. The van der Waals surface area contributed by atoms with E-state index >= 15 is 0 Å². The van der Waals surface area contributed by atoms with Gasteiger partial charge in [0.2, 0.25) is 5.91 Å². The van der Waals surface area contributed by atoms with Crippen LogP contribution in [0.2, 0.25) is 0 Å². The number of carboxylic acid groups (broad SMARTS) is 1. The van der Waals surface area contributed by atoms with Gasteiger partial charge in [-0.2, -0.15) is 0 Å². The molecule has 2 amide bonds. The zero-order chi connectivity index (χ0) is 21.4. The highest BCUT2D eigenvalue weighted by molar-refractivity contribution is 5.91. The zero-order valence-corrected chi connectivity index (χ0v) is 16.9. The Morgan fingerprint density at radius 2 is 1.61 bits per heavy atom. The maximum absolute atomic E-state index is 12.6. The van der Waals surface area contributed by atoms with Gasteiger partial charge in [-0.1, -0.05) is 39.8 Å². The second-order valence-electron chi connectivity index (χ2n) is 7.81. The fraction of sp³-hybridized carbons (Fsp3) is 0.550. The standard InChI is InChI=1S/C20H31N3O5/c1-11(2)9-16(19(26)23-17(12(3)4)20(27)28)22-18(25)15(21)10-13-5-7-14(24)8-6-13/h5-8,11-12,15-17,24H,9-10,21H2,1-4H3,(H,22,25)(H,23,26)(H,27,28). The lowest BCUT2D eigenvalue weighted by atomic mass is 9.99. The van der Waals surface area contributed by atoms with Crippen LogP contribution >= 0.6 is 0 Å². The molecule has 0 aliphatic rings. The van der Waals surface area contributed by atoms with Gasteiger partial charge in [0.25, 0.3) is 5.91 Å². The molecule has 8 nitrogen and oxygen atoms in total. The van der Waals surface area contributed by atoms with E-state index in [0.717, 1.165) is 5.56 Å². The molecule has 3 atom stereocenters. The van der Waals surface area contributed by atoms with E-state index in [4.69, 9.17) is 0 Å². The number of quaternary nitrogens is 1. The molecule has 0 heterocycles. The summed E-state index contributed by atoms with van der Waals surface area (Å²) in [6.45, 7) is 7.15. The first kappa shape index (κ1) is 23.4. The molecular weight excluding hydrogens is 362 g/mol. The number of rotatable bonds is 10. The number of carbonyl (C=O) groups is 3. The third kappa shape index (κ3) is 7.56. The SMILES string of the molecule is CC(C)CC(NC(=O)C([NH3+])Cc1ccc(O)cc1)C(=O)NC(C(=O)[O-])C(C)C. The number of carboxylic acids is 1. The molecule has 6 N–H and O–H groups in total. The first-order valence-corrected chi connectivity index (χ1v) is 9.43. The van der Waals surface area contributed by atoms with Crippen LogP contribution in [0.4, 0.5) is 0 Å². The summed E-state index contributed by atoms with van der Waals surface area (Å²) >= 11 is 0. The second kappa shape index (κ2) is 10.7. The van der Waals surface area contributed by atoms with Gasteiger partial charge in [-0.05, 0) is 36.0 Å². The molecule has 0 saturated carbocycles. The van der Waals surface area contributed by atoms with Crippen LogP contribution in [0.15, 0.2) is 24.3 Å². The van der Waals surface area contributed by atoms with E-state index in [0.29, 0.717) is 12.8 Å². The first-order chi connectivity index (χ1) is 13.0. The number of hydrogen-bond donors (Lipinski definition) is 4. The smallest absolute Gasteiger partial charge is 0.279 e. The third-order valence-corrected chi connectivity index (χ3v) is 4.35. The number of nitrogens with one attached hydrogen (secondary N) is 2. The number of amides is 2. The number of aromatic hydroxyl groups is 1. The van der Waals surface area contributed by atoms with Crippen molar-refractivity contribution in [1.82, 2.24) is 10.6 Å².